The second-order valence-electron chi connectivity index (χ2n) is 8.64. The van der Waals surface area contributed by atoms with Gasteiger partial charge < -0.3 is 20.4 Å². The summed E-state index contributed by atoms with van der Waals surface area (Å²) in [5, 5.41) is 0. The number of rotatable bonds is 4. The van der Waals surface area contributed by atoms with Crippen LogP contribution in [-0.2, 0) is 4.79 Å². The van der Waals surface area contributed by atoms with Crippen molar-refractivity contribution in [3.63, 3.8) is 0 Å². The van der Waals surface area contributed by atoms with E-state index in [0.29, 0.717) is 24.3 Å². The third kappa shape index (κ3) is 3.79. The van der Waals surface area contributed by atoms with Crippen molar-refractivity contribution in [1.29, 1.82) is 0 Å². The summed E-state index contributed by atoms with van der Waals surface area (Å²) in [4.78, 5) is 28.1. The van der Waals surface area contributed by atoms with E-state index in [1.165, 1.54) is 11.1 Å². The van der Waals surface area contributed by atoms with Crippen molar-refractivity contribution < 1.29 is 4.79 Å². The Morgan fingerprint density at radius 3 is 2.62 bits per heavy atom. The molecule has 29 heavy (non-hydrogen) atoms. The molecule has 7 heteroatoms. The topological polar surface area (TPSA) is 78.6 Å². The third-order valence-electron chi connectivity index (χ3n) is 6.13. The number of nitrogen functional groups attached to an aromatic ring is 1. The van der Waals surface area contributed by atoms with Crippen LogP contribution in [0.5, 0.6) is 0 Å². The molecule has 1 aromatic heterocycles. The van der Waals surface area contributed by atoms with E-state index in [-0.39, 0.29) is 11.9 Å². The molecule has 0 bridgehead atoms. The molecule has 3 atom stereocenters. The van der Waals surface area contributed by atoms with Gasteiger partial charge in [0.2, 0.25) is 11.9 Å². The van der Waals surface area contributed by atoms with Gasteiger partial charge in [0, 0.05) is 43.2 Å². The first-order valence-corrected chi connectivity index (χ1v) is 10.2. The standard InChI is InChI=1S/C22H30N6O/c1-14-7-5-6-8-17(14)21-18-12-27(19-9-15(2)24-22(23)25-19)10-16(18)11-28(21)20(29)13-26(3)4/h5-9,16,18,21H,10-13H2,1-4H3,(H2,23,24,25)/t16-,18-,21+/m1/s1. The first-order chi connectivity index (χ1) is 13.8. The summed E-state index contributed by atoms with van der Waals surface area (Å²) >= 11 is 0. The number of hydrogen-bond donors (Lipinski definition) is 1. The van der Waals surface area contributed by atoms with Crippen molar-refractivity contribution in [2.24, 2.45) is 11.8 Å². The first kappa shape index (κ1) is 19.6. The average molecular weight is 395 g/mol. The van der Waals surface area contributed by atoms with Crippen LogP contribution in [0.4, 0.5) is 11.8 Å². The molecule has 0 saturated carbocycles. The molecule has 4 rings (SSSR count). The fourth-order valence-corrected chi connectivity index (χ4v) is 4.90. The van der Waals surface area contributed by atoms with E-state index in [2.05, 4.69) is 51.0 Å². The fraction of sp³-hybridized carbons (Fsp3) is 0.500. The lowest BCUT2D eigenvalue weighted by Crippen LogP contribution is -2.40. The molecule has 0 aliphatic carbocycles. The molecule has 2 fully saturated rings. The molecule has 154 valence electrons. The van der Waals surface area contributed by atoms with Gasteiger partial charge in [-0.05, 0) is 39.1 Å². The summed E-state index contributed by atoms with van der Waals surface area (Å²) in [5.41, 5.74) is 9.25. The molecular formula is C22H30N6O. The minimum Gasteiger partial charge on any atom is -0.368 e. The number of likely N-dealkylation sites (tertiary alicyclic amines) is 1. The maximum Gasteiger partial charge on any atom is 0.237 e. The van der Waals surface area contributed by atoms with Crippen molar-refractivity contribution in [3.8, 4) is 0 Å². The first-order valence-electron chi connectivity index (χ1n) is 10.2. The lowest BCUT2D eigenvalue weighted by Gasteiger charge is -2.32. The van der Waals surface area contributed by atoms with Crippen molar-refractivity contribution in [2.45, 2.75) is 19.9 Å². The highest BCUT2D eigenvalue weighted by molar-refractivity contribution is 5.79. The summed E-state index contributed by atoms with van der Waals surface area (Å²) < 4.78 is 0. The van der Waals surface area contributed by atoms with Crippen LogP contribution in [0.25, 0.3) is 0 Å². The quantitative estimate of drug-likeness (QED) is 0.853. The van der Waals surface area contributed by atoms with Crippen LogP contribution < -0.4 is 10.6 Å². The number of aromatic nitrogens is 2. The maximum atomic E-state index is 13.1. The normalized spacial score (nSPS) is 23.7. The van der Waals surface area contributed by atoms with Gasteiger partial charge in [-0.15, -0.1) is 0 Å². The smallest absolute Gasteiger partial charge is 0.237 e. The van der Waals surface area contributed by atoms with Gasteiger partial charge in [0.25, 0.3) is 0 Å². The van der Waals surface area contributed by atoms with Crippen LogP contribution in [0.2, 0.25) is 0 Å². The van der Waals surface area contributed by atoms with Crippen molar-refractivity contribution in [2.75, 3.05) is 50.9 Å². The Bertz CT molecular complexity index is 894. The predicted octanol–water partition coefficient (Wildman–Crippen LogP) is 1.87. The van der Waals surface area contributed by atoms with Crippen LogP contribution in [0.1, 0.15) is 22.9 Å². The van der Waals surface area contributed by atoms with Crippen molar-refractivity contribution in [3.05, 3.63) is 47.2 Å². The van der Waals surface area contributed by atoms with Crippen LogP contribution in [-0.4, -0.2) is 65.9 Å². The van der Waals surface area contributed by atoms with Gasteiger partial charge in [0.15, 0.2) is 0 Å². The molecule has 0 radical (unpaired) electrons. The highest BCUT2D eigenvalue weighted by atomic mass is 16.2. The molecule has 2 aliphatic heterocycles. The van der Waals surface area contributed by atoms with Crippen LogP contribution in [0, 0.1) is 25.7 Å². The van der Waals surface area contributed by atoms with E-state index in [4.69, 9.17) is 5.73 Å². The Kier molecular flexibility index (Phi) is 5.17. The number of benzene rings is 1. The van der Waals surface area contributed by atoms with Gasteiger partial charge in [0.05, 0.1) is 12.6 Å². The molecule has 2 N–H and O–H groups in total. The zero-order valence-electron chi connectivity index (χ0n) is 17.7. The monoisotopic (exact) mass is 394 g/mol. The number of nitrogens with zero attached hydrogens (tertiary/aromatic N) is 5. The summed E-state index contributed by atoms with van der Waals surface area (Å²) in [6.45, 7) is 7.05. The van der Waals surface area contributed by atoms with Gasteiger partial charge in [-0.2, -0.15) is 4.98 Å². The van der Waals surface area contributed by atoms with Crippen molar-refractivity contribution >= 4 is 17.7 Å². The van der Waals surface area contributed by atoms with Gasteiger partial charge in [-0.25, -0.2) is 4.98 Å². The third-order valence-corrected chi connectivity index (χ3v) is 6.13. The Balaban J connectivity index is 1.65. The number of nitrogens with two attached hydrogens (primary N) is 1. The van der Waals surface area contributed by atoms with Crippen LogP contribution >= 0.6 is 0 Å². The number of hydrogen-bond acceptors (Lipinski definition) is 6. The number of likely N-dealkylation sites (N-methyl/N-ethyl adjacent to an activating group) is 1. The summed E-state index contributed by atoms with van der Waals surface area (Å²) in [5.74, 6) is 2.20. The Hall–Kier alpha value is -2.67. The summed E-state index contributed by atoms with van der Waals surface area (Å²) in [7, 11) is 3.89. The molecule has 2 saturated heterocycles. The second-order valence-corrected chi connectivity index (χ2v) is 8.64. The van der Waals surface area contributed by atoms with Crippen LogP contribution in [0.3, 0.4) is 0 Å². The van der Waals surface area contributed by atoms with Gasteiger partial charge in [0.1, 0.15) is 5.82 Å². The number of anilines is 2. The molecule has 0 unspecified atom stereocenters. The van der Waals surface area contributed by atoms with E-state index < -0.39 is 0 Å². The molecule has 2 aromatic rings. The van der Waals surface area contributed by atoms with E-state index in [0.717, 1.165) is 31.1 Å². The largest absolute Gasteiger partial charge is 0.368 e. The Labute approximate surface area is 172 Å². The molecule has 1 aromatic carbocycles. The highest BCUT2D eigenvalue weighted by Crippen LogP contribution is 2.46. The van der Waals surface area contributed by atoms with Gasteiger partial charge >= 0.3 is 0 Å². The van der Waals surface area contributed by atoms with Crippen LogP contribution in [0.15, 0.2) is 30.3 Å². The molecule has 0 spiro atoms. The zero-order valence-corrected chi connectivity index (χ0v) is 17.7. The summed E-state index contributed by atoms with van der Waals surface area (Å²) in [6, 6.07) is 10.5. The minimum absolute atomic E-state index is 0.0962. The van der Waals surface area contributed by atoms with E-state index >= 15 is 0 Å². The summed E-state index contributed by atoms with van der Waals surface area (Å²) in [6.07, 6.45) is 0. The zero-order chi connectivity index (χ0) is 20.7. The van der Waals surface area contributed by atoms with E-state index in [1.807, 2.05) is 32.0 Å². The second kappa shape index (κ2) is 7.63. The maximum absolute atomic E-state index is 13.1. The number of carbonyl (C=O) groups is 1. The van der Waals surface area contributed by atoms with Crippen molar-refractivity contribution in [1.82, 2.24) is 19.8 Å². The fourth-order valence-electron chi connectivity index (χ4n) is 4.90. The minimum atomic E-state index is 0.0962. The molecule has 7 nitrogen and oxygen atoms in total. The predicted molar refractivity (Wildman–Crippen MR) is 115 cm³/mol. The van der Waals surface area contributed by atoms with E-state index in [1.54, 1.807) is 0 Å². The average Bonchev–Trinajstić information content (AvgIpc) is 3.19. The molecule has 1 amide bonds. The number of carbonyl (C=O) groups excluding carboxylic acids is 1. The molecule has 2 aliphatic rings. The number of amides is 1. The number of fused-ring (bicyclic) bond motifs is 1. The number of aryl methyl sites for hydroxylation is 2. The SMILES string of the molecule is Cc1cc(N2C[C@@H]3CN(C(=O)CN(C)C)[C@@H](c4ccccc4C)[C@@H]3C2)nc(N)n1. The molecular weight excluding hydrogens is 364 g/mol. The molecule has 3 heterocycles. The lowest BCUT2D eigenvalue weighted by atomic mass is 9.87. The Morgan fingerprint density at radius 2 is 1.93 bits per heavy atom. The van der Waals surface area contributed by atoms with Gasteiger partial charge in [-0.3, -0.25) is 4.79 Å². The highest BCUT2D eigenvalue weighted by Gasteiger charge is 2.49. The lowest BCUT2D eigenvalue weighted by molar-refractivity contribution is -0.133. The van der Waals surface area contributed by atoms with E-state index in [9.17, 15) is 4.79 Å². The van der Waals surface area contributed by atoms with Gasteiger partial charge in [-0.1, -0.05) is 24.3 Å². The Morgan fingerprint density at radius 1 is 1.17 bits per heavy atom.